The van der Waals surface area contributed by atoms with Gasteiger partial charge in [0.2, 0.25) is 0 Å². The van der Waals surface area contributed by atoms with Gasteiger partial charge in [-0.2, -0.15) is 0 Å². The molecule has 0 bridgehead atoms. The quantitative estimate of drug-likeness (QED) is 0.0371. The zero-order valence-corrected chi connectivity index (χ0v) is 31.4. The summed E-state index contributed by atoms with van der Waals surface area (Å²) in [5.74, 6) is -0.802. The van der Waals surface area contributed by atoms with E-state index in [1.54, 1.807) is 0 Å². The maximum atomic E-state index is 12.5. The minimum atomic E-state index is -4.34. The van der Waals surface area contributed by atoms with Crippen LogP contribution in [0.3, 0.4) is 0 Å². The van der Waals surface area contributed by atoms with Crippen molar-refractivity contribution in [3.63, 3.8) is 0 Å². The summed E-state index contributed by atoms with van der Waals surface area (Å²) in [4.78, 5) is 34.9. The van der Waals surface area contributed by atoms with Crippen LogP contribution in [0.2, 0.25) is 0 Å². The number of rotatable bonds is 37. The molecule has 0 rings (SSSR count). The van der Waals surface area contributed by atoms with Crippen LogP contribution in [0.5, 0.6) is 0 Å². The summed E-state index contributed by atoms with van der Waals surface area (Å²) in [6.45, 7) is 4.34. The lowest BCUT2D eigenvalue weighted by molar-refractivity contribution is -0.161. The highest BCUT2D eigenvalue weighted by Crippen LogP contribution is 2.43. The molecule has 0 aliphatic carbocycles. The second-order valence-electron chi connectivity index (χ2n) is 13.2. The molecule has 0 spiro atoms. The molecule has 0 heterocycles. The molecule has 0 saturated carbocycles. The molecule has 0 aromatic rings. The monoisotopic (exact) mass is 692 g/mol. The van der Waals surface area contributed by atoms with E-state index in [4.69, 9.17) is 24.3 Å². The van der Waals surface area contributed by atoms with Gasteiger partial charge in [0.05, 0.1) is 13.2 Å². The summed E-state index contributed by atoms with van der Waals surface area (Å²) in [7, 11) is -4.34. The Morgan fingerprint density at radius 3 is 1.38 bits per heavy atom. The Labute approximate surface area is 288 Å². The Balaban J connectivity index is 4.31. The predicted octanol–water partition coefficient (Wildman–Crippen LogP) is 10.5. The minimum absolute atomic E-state index is 0.0302. The van der Waals surface area contributed by atoms with Gasteiger partial charge in [-0.1, -0.05) is 155 Å². The van der Waals surface area contributed by atoms with Crippen molar-refractivity contribution in [2.45, 2.75) is 200 Å². The first-order valence-electron chi connectivity index (χ1n) is 19.5. The van der Waals surface area contributed by atoms with E-state index in [2.05, 4.69) is 13.8 Å². The number of carbonyl (C=O) groups excluding carboxylic acids is 2. The summed E-state index contributed by atoms with van der Waals surface area (Å²) >= 11 is 0. The van der Waals surface area contributed by atoms with Crippen molar-refractivity contribution in [3.05, 3.63) is 0 Å². The van der Waals surface area contributed by atoms with E-state index in [1.807, 2.05) is 0 Å². The molecule has 0 aromatic heterocycles. The van der Waals surface area contributed by atoms with Gasteiger partial charge in [-0.15, -0.1) is 0 Å². The molecule has 0 radical (unpaired) electrons. The number of esters is 2. The molecule has 2 atom stereocenters. The molecule has 47 heavy (non-hydrogen) atoms. The van der Waals surface area contributed by atoms with Gasteiger partial charge >= 0.3 is 19.8 Å². The number of phosphoric acid groups is 1. The zero-order chi connectivity index (χ0) is 34.7. The lowest BCUT2D eigenvalue weighted by Gasteiger charge is -2.20. The average molecular weight is 692 g/mol. The smallest absolute Gasteiger partial charge is 0.462 e. The molecule has 10 heteroatoms. The molecular weight excluding hydrogens is 617 g/mol. The van der Waals surface area contributed by atoms with Crippen molar-refractivity contribution in [2.75, 3.05) is 26.4 Å². The van der Waals surface area contributed by atoms with Crippen molar-refractivity contribution in [1.29, 1.82) is 0 Å². The summed E-state index contributed by atoms with van der Waals surface area (Å²) in [5, 5.41) is 0. The van der Waals surface area contributed by atoms with E-state index in [-0.39, 0.29) is 25.6 Å². The van der Waals surface area contributed by atoms with Gasteiger partial charge in [-0.05, 0) is 32.2 Å². The van der Waals surface area contributed by atoms with Crippen LogP contribution in [0.1, 0.15) is 194 Å². The summed E-state index contributed by atoms with van der Waals surface area (Å²) in [6, 6.07) is 0. The maximum absolute atomic E-state index is 12.5. The molecule has 0 aromatic carbocycles. The highest BCUT2D eigenvalue weighted by molar-refractivity contribution is 7.47. The lowest BCUT2D eigenvalue weighted by atomic mass is 10.0. The lowest BCUT2D eigenvalue weighted by Crippen LogP contribution is -2.29. The molecule has 3 N–H and O–H groups in total. The molecule has 0 aliphatic rings. The first-order chi connectivity index (χ1) is 22.8. The Morgan fingerprint density at radius 2 is 0.957 bits per heavy atom. The second-order valence-corrected chi connectivity index (χ2v) is 14.6. The van der Waals surface area contributed by atoms with E-state index in [0.29, 0.717) is 32.2 Å². The maximum Gasteiger partial charge on any atom is 0.472 e. The van der Waals surface area contributed by atoms with Crippen molar-refractivity contribution >= 4 is 19.8 Å². The van der Waals surface area contributed by atoms with E-state index in [9.17, 15) is 19.0 Å². The average Bonchev–Trinajstić information content (AvgIpc) is 3.05. The number of hydrogen-bond donors (Lipinski definition) is 2. The molecule has 0 fully saturated rings. The van der Waals surface area contributed by atoms with Crippen molar-refractivity contribution in [1.82, 2.24) is 0 Å². The third kappa shape index (κ3) is 34.7. The minimum Gasteiger partial charge on any atom is -0.462 e. The fourth-order valence-corrected chi connectivity index (χ4v) is 6.27. The van der Waals surface area contributed by atoms with Crippen LogP contribution in [0.25, 0.3) is 0 Å². The van der Waals surface area contributed by atoms with Crippen LogP contribution >= 0.6 is 7.82 Å². The largest absolute Gasteiger partial charge is 0.472 e. The second kappa shape index (κ2) is 34.9. The number of carbonyl (C=O) groups is 2. The SMILES string of the molecule is CCCCCCCCCCCCCCCC(=O)OC[C@@H](COP(=O)(O)OCCCCN)OC(=O)CCCCCCCCCCCCC. The molecule has 0 aliphatic heterocycles. The van der Waals surface area contributed by atoms with Gasteiger partial charge in [0.25, 0.3) is 0 Å². The fourth-order valence-electron chi connectivity index (χ4n) is 5.48. The first kappa shape index (κ1) is 46.0. The van der Waals surface area contributed by atoms with Gasteiger partial charge in [0, 0.05) is 12.8 Å². The molecule has 0 amide bonds. The topological polar surface area (TPSA) is 134 Å². The summed E-state index contributed by atoms with van der Waals surface area (Å²) in [5.41, 5.74) is 5.45. The summed E-state index contributed by atoms with van der Waals surface area (Å²) in [6.07, 6.45) is 29.7. The Morgan fingerprint density at radius 1 is 0.553 bits per heavy atom. The van der Waals surface area contributed by atoms with Crippen molar-refractivity contribution in [2.24, 2.45) is 5.73 Å². The van der Waals surface area contributed by atoms with E-state index >= 15 is 0 Å². The van der Waals surface area contributed by atoms with Crippen LogP contribution in [0, 0.1) is 0 Å². The number of hydrogen-bond acceptors (Lipinski definition) is 8. The Kier molecular flexibility index (Phi) is 34.1. The molecule has 0 saturated heterocycles. The van der Waals surface area contributed by atoms with Gasteiger partial charge in [0.15, 0.2) is 6.10 Å². The Hall–Kier alpha value is -0.990. The van der Waals surface area contributed by atoms with E-state index in [1.165, 1.54) is 116 Å². The number of nitrogens with two attached hydrogens (primary N) is 1. The Bertz CT molecular complexity index is 754. The van der Waals surface area contributed by atoms with Gasteiger partial charge in [-0.3, -0.25) is 18.6 Å². The number of phosphoric ester groups is 1. The van der Waals surface area contributed by atoms with Gasteiger partial charge in [-0.25, -0.2) is 4.57 Å². The molecule has 9 nitrogen and oxygen atoms in total. The van der Waals surface area contributed by atoms with E-state index in [0.717, 1.165) is 32.1 Å². The normalized spacial score (nSPS) is 13.4. The highest BCUT2D eigenvalue weighted by Gasteiger charge is 2.26. The first-order valence-corrected chi connectivity index (χ1v) is 21.0. The van der Waals surface area contributed by atoms with Crippen LogP contribution < -0.4 is 5.73 Å². The van der Waals surface area contributed by atoms with Crippen LogP contribution in [0.15, 0.2) is 0 Å². The van der Waals surface area contributed by atoms with Crippen molar-refractivity contribution in [3.8, 4) is 0 Å². The van der Waals surface area contributed by atoms with Gasteiger partial charge < -0.3 is 20.1 Å². The van der Waals surface area contributed by atoms with Crippen molar-refractivity contribution < 1.29 is 37.6 Å². The third-order valence-electron chi connectivity index (χ3n) is 8.47. The van der Waals surface area contributed by atoms with Gasteiger partial charge in [0.1, 0.15) is 6.61 Å². The van der Waals surface area contributed by atoms with Crippen LogP contribution in [-0.2, 0) is 32.7 Å². The number of unbranched alkanes of at least 4 members (excludes halogenated alkanes) is 23. The number of ether oxygens (including phenoxy) is 2. The highest BCUT2D eigenvalue weighted by atomic mass is 31.2. The summed E-state index contributed by atoms with van der Waals surface area (Å²) < 4.78 is 33.2. The standard InChI is InChI=1S/C37H74NO8P/c1-3-5-7-9-11-13-15-16-18-19-21-23-25-29-36(39)43-33-35(34-45-47(41,42)44-32-28-27-31-38)46-37(40)30-26-24-22-20-17-14-12-10-8-6-4-2/h35H,3-34,38H2,1-2H3,(H,41,42)/t35-/m0/s1. The fraction of sp³-hybridized carbons (Fsp3) is 0.946. The molecule has 1 unspecified atom stereocenters. The van der Waals surface area contributed by atoms with Crippen LogP contribution in [0.4, 0.5) is 0 Å². The zero-order valence-electron chi connectivity index (χ0n) is 30.5. The molecule has 280 valence electrons. The predicted molar refractivity (Wildman–Crippen MR) is 192 cm³/mol. The van der Waals surface area contributed by atoms with Crippen LogP contribution in [-0.4, -0.2) is 49.3 Å². The van der Waals surface area contributed by atoms with E-state index < -0.39 is 26.5 Å². The third-order valence-corrected chi connectivity index (χ3v) is 9.46. The molecular formula is C37H74NO8P.